The second-order valence-electron chi connectivity index (χ2n) is 11.7. The summed E-state index contributed by atoms with van der Waals surface area (Å²) in [5, 5.41) is 11.0. The predicted molar refractivity (Wildman–Crippen MR) is 159 cm³/mol. The SMILES string of the molecule is CCC(C)(C)OC(=O)C(C)(C)Oc1c(C)cc(/C=C/C(=O)c2cc3ccccc3nc2N2CC[C@@H](O)C2)cc1C. The Morgan fingerprint density at radius 3 is 2.40 bits per heavy atom. The number of esters is 1. The summed E-state index contributed by atoms with van der Waals surface area (Å²) < 4.78 is 11.9. The largest absolute Gasteiger partial charge is 0.476 e. The van der Waals surface area contributed by atoms with E-state index in [1.165, 1.54) is 0 Å². The molecule has 1 fully saturated rings. The van der Waals surface area contributed by atoms with Crippen LogP contribution in [0.25, 0.3) is 17.0 Å². The number of β-amino-alcohol motifs (C(OH)–C–C–N with tert-alkyl or cyclic N) is 1. The van der Waals surface area contributed by atoms with E-state index in [9.17, 15) is 14.7 Å². The first-order chi connectivity index (χ1) is 18.8. The Balaban J connectivity index is 1.58. The van der Waals surface area contributed by atoms with Gasteiger partial charge in [0.05, 0.1) is 17.2 Å². The normalized spacial score (nSPS) is 16.1. The summed E-state index contributed by atoms with van der Waals surface area (Å²) in [6.07, 6.45) is 4.26. The number of nitrogens with zero attached hydrogens (tertiary/aromatic N) is 2. The predicted octanol–water partition coefficient (Wildman–Crippen LogP) is 6.21. The Morgan fingerprint density at radius 1 is 1.10 bits per heavy atom. The van der Waals surface area contributed by atoms with E-state index in [0.29, 0.717) is 43.1 Å². The van der Waals surface area contributed by atoms with Crippen molar-refractivity contribution >= 4 is 34.5 Å². The number of aromatic nitrogens is 1. The van der Waals surface area contributed by atoms with Gasteiger partial charge < -0.3 is 19.5 Å². The maximum absolute atomic E-state index is 13.5. The highest BCUT2D eigenvalue weighted by atomic mass is 16.6. The van der Waals surface area contributed by atoms with Crippen LogP contribution < -0.4 is 9.64 Å². The molecule has 0 bridgehead atoms. The second-order valence-corrected chi connectivity index (χ2v) is 11.7. The maximum Gasteiger partial charge on any atom is 0.350 e. The Bertz CT molecular complexity index is 1430. The van der Waals surface area contributed by atoms with E-state index in [1.54, 1.807) is 26.0 Å². The number of anilines is 1. The molecule has 0 radical (unpaired) electrons. The number of aliphatic hydroxyl groups excluding tert-OH is 1. The molecule has 0 amide bonds. The molecule has 0 aliphatic carbocycles. The van der Waals surface area contributed by atoms with Crippen LogP contribution in [0, 0.1) is 13.8 Å². The Kier molecular flexibility index (Phi) is 8.36. The summed E-state index contributed by atoms with van der Waals surface area (Å²) >= 11 is 0. The van der Waals surface area contributed by atoms with Crippen LogP contribution in [0.2, 0.25) is 0 Å². The molecule has 7 heteroatoms. The minimum Gasteiger partial charge on any atom is -0.476 e. The minimum atomic E-state index is -1.17. The Labute approximate surface area is 236 Å². The molecule has 4 rings (SSSR count). The van der Waals surface area contributed by atoms with Crippen molar-refractivity contribution in [1.29, 1.82) is 0 Å². The number of rotatable bonds is 9. The lowest BCUT2D eigenvalue weighted by Crippen LogP contribution is -2.44. The fourth-order valence-electron chi connectivity index (χ4n) is 4.71. The van der Waals surface area contributed by atoms with Crippen LogP contribution in [0.3, 0.4) is 0 Å². The van der Waals surface area contributed by atoms with E-state index < -0.39 is 23.3 Å². The van der Waals surface area contributed by atoms with Gasteiger partial charge in [-0.2, -0.15) is 0 Å². The van der Waals surface area contributed by atoms with Crippen LogP contribution in [0.5, 0.6) is 5.75 Å². The number of ketones is 1. The molecule has 0 saturated carbocycles. The summed E-state index contributed by atoms with van der Waals surface area (Å²) in [4.78, 5) is 33.1. The smallest absolute Gasteiger partial charge is 0.350 e. The summed E-state index contributed by atoms with van der Waals surface area (Å²) in [6, 6.07) is 13.5. The molecule has 212 valence electrons. The van der Waals surface area contributed by atoms with Crippen molar-refractivity contribution in [2.75, 3.05) is 18.0 Å². The van der Waals surface area contributed by atoms with Crippen molar-refractivity contribution in [1.82, 2.24) is 4.98 Å². The van der Waals surface area contributed by atoms with E-state index in [1.807, 2.05) is 82.0 Å². The number of hydrogen-bond donors (Lipinski definition) is 1. The third kappa shape index (κ3) is 6.53. The van der Waals surface area contributed by atoms with E-state index in [2.05, 4.69) is 0 Å². The van der Waals surface area contributed by atoms with Crippen LogP contribution >= 0.6 is 0 Å². The van der Waals surface area contributed by atoms with Crippen molar-refractivity contribution < 1.29 is 24.2 Å². The monoisotopic (exact) mass is 544 g/mol. The highest BCUT2D eigenvalue weighted by Crippen LogP contribution is 2.31. The second kappa shape index (κ2) is 11.4. The number of pyridine rings is 1. The summed E-state index contributed by atoms with van der Waals surface area (Å²) in [5.74, 6) is 0.639. The quantitative estimate of drug-likeness (QED) is 0.195. The molecule has 1 atom stereocenters. The fraction of sp³-hybridized carbons (Fsp3) is 0.424. The molecule has 0 spiro atoms. The van der Waals surface area contributed by atoms with Gasteiger partial charge in [0.2, 0.25) is 0 Å². The zero-order valence-electron chi connectivity index (χ0n) is 24.6. The molecule has 0 unspecified atom stereocenters. The molecule has 1 N–H and O–H groups in total. The number of fused-ring (bicyclic) bond motifs is 1. The topological polar surface area (TPSA) is 89.0 Å². The van der Waals surface area contributed by atoms with E-state index in [0.717, 1.165) is 27.6 Å². The average Bonchev–Trinajstić information content (AvgIpc) is 3.34. The molecule has 2 heterocycles. The first-order valence-corrected chi connectivity index (χ1v) is 13.9. The van der Waals surface area contributed by atoms with Crippen LogP contribution in [0.15, 0.2) is 48.5 Å². The van der Waals surface area contributed by atoms with Crippen LogP contribution in [-0.4, -0.2) is 52.2 Å². The Morgan fingerprint density at radius 2 is 1.77 bits per heavy atom. The van der Waals surface area contributed by atoms with Crippen LogP contribution in [0.4, 0.5) is 5.82 Å². The van der Waals surface area contributed by atoms with E-state index in [4.69, 9.17) is 14.5 Å². The van der Waals surface area contributed by atoms with Gasteiger partial charge in [-0.1, -0.05) is 31.2 Å². The number of aliphatic hydroxyl groups is 1. The van der Waals surface area contributed by atoms with Gasteiger partial charge in [0.25, 0.3) is 0 Å². The van der Waals surface area contributed by atoms with Gasteiger partial charge in [-0.25, -0.2) is 9.78 Å². The number of aryl methyl sites for hydroxylation is 2. The van der Waals surface area contributed by atoms with Gasteiger partial charge in [0, 0.05) is 18.5 Å². The van der Waals surface area contributed by atoms with Gasteiger partial charge in [-0.05, 0) is 101 Å². The number of ether oxygens (including phenoxy) is 2. The molecule has 40 heavy (non-hydrogen) atoms. The lowest BCUT2D eigenvalue weighted by atomic mass is 10.0. The summed E-state index contributed by atoms with van der Waals surface area (Å²) in [7, 11) is 0. The lowest BCUT2D eigenvalue weighted by Gasteiger charge is -2.31. The van der Waals surface area contributed by atoms with Crippen molar-refractivity contribution in [3.05, 3.63) is 70.8 Å². The highest BCUT2D eigenvalue weighted by molar-refractivity contribution is 6.11. The molecular formula is C33H40N2O5. The maximum atomic E-state index is 13.5. The van der Waals surface area contributed by atoms with Gasteiger partial charge in [-0.3, -0.25) is 4.79 Å². The first kappa shape index (κ1) is 29.3. The third-order valence-corrected chi connectivity index (χ3v) is 7.41. The Hall–Kier alpha value is -3.71. The standard InChI is InChI=1S/C33H40N2O5/c1-8-32(4,5)40-31(38)33(6,7)39-29-21(2)17-23(18-22(29)3)13-14-28(37)26-19-24-11-9-10-12-27(24)34-30(26)35-16-15-25(36)20-35/h9-14,17-19,25,36H,8,15-16,20H2,1-7H3/b14-13+/t25-/m1/s1. The van der Waals surface area contributed by atoms with Gasteiger partial charge >= 0.3 is 5.97 Å². The third-order valence-electron chi connectivity index (χ3n) is 7.41. The summed E-state index contributed by atoms with van der Waals surface area (Å²) in [6.45, 7) is 14.1. The number of carbonyl (C=O) groups excluding carboxylic acids is 2. The molecule has 3 aromatic rings. The van der Waals surface area contributed by atoms with Gasteiger partial charge in [0.15, 0.2) is 11.4 Å². The van der Waals surface area contributed by atoms with E-state index >= 15 is 0 Å². The van der Waals surface area contributed by atoms with Crippen molar-refractivity contribution in [2.24, 2.45) is 0 Å². The fourth-order valence-corrected chi connectivity index (χ4v) is 4.71. The number of carbonyl (C=O) groups is 2. The van der Waals surface area contributed by atoms with Crippen LogP contribution in [-0.2, 0) is 9.53 Å². The molecule has 1 aliphatic rings. The number of allylic oxidation sites excluding steroid dienone is 1. The number of benzene rings is 2. The van der Waals surface area contributed by atoms with Crippen molar-refractivity contribution in [2.45, 2.75) is 78.6 Å². The molecular weight excluding hydrogens is 504 g/mol. The number of para-hydroxylation sites is 1. The zero-order valence-corrected chi connectivity index (χ0v) is 24.6. The van der Waals surface area contributed by atoms with Gasteiger partial charge in [-0.15, -0.1) is 0 Å². The molecule has 1 saturated heterocycles. The average molecular weight is 545 g/mol. The molecule has 2 aromatic carbocycles. The molecule has 7 nitrogen and oxygen atoms in total. The lowest BCUT2D eigenvalue weighted by molar-refractivity contribution is -0.172. The first-order valence-electron chi connectivity index (χ1n) is 13.9. The van der Waals surface area contributed by atoms with Crippen LogP contribution in [0.1, 0.15) is 74.5 Å². The van der Waals surface area contributed by atoms with Crippen molar-refractivity contribution in [3.8, 4) is 5.75 Å². The highest BCUT2D eigenvalue weighted by Gasteiger charge is 2.36. The van der Waals surface area contributed by atoms with E-state index in [-0.39, 0.29) is 5.78 Å². The van der Waals surface area contributed by atoms with Crippen molar-refractivity contribution in [3.63, 3.8) is 0 Å². The van der Waals surface area contributed by atoms with Gasteiger partial charge in [0.1, 0.15) is 17.2 Å². The molecule has 1 aliphatic heterocycles. The minimum absolute atomic E-state index is 0.160. The summed E-state index contributed by atoms with van der Waals surface area (Å²) in [5.41, 5.74) is 2.12. The molecule has 1 aromatic heterocycles. The number of hydrogen-bond acceptors (Lipinski definition) is 7. The zero-order chi connectivity index (χ0) is 29.2.